The molecule has 3 aromatic rings. The number of likely N-dealkylation sites (tertiary alicyclic amines) is 1. The van der Waals surface area contributed by atoms with Gasteiger partial charge in [-0.15, -0.1) is 10.2 Å². The first kappa shape index (κ1) is 16.9. The first-order chi connectivity index (χ1) is 13.7. The summed E-state index contributed by atoms with van der Waals surface area (Å²) in [6.45, 7) is 1.43. The van der Waals surface area contributed by atoms with Gasteiger partial charge in [-0.3, -0.25) is 9.89 Å². The number of aromatic amines is 1. The number of H-pyrrole nitrogens is 1. The second kappa shape index (κ2) is 6.72. The molecule has 5 rings (SSSR count). The molecule has 2 aliphatic rings. The number of hydrogen-bond acceptors (Lipinski definition) is 6. The fourth-order valence-electron chi connectivity index (χ4n) is 4.05. The SMILES string of the molecule is O=C(c1ccc(-c2ccc(-c3cn[nH]c3)cc2O)nn1)N1CC2CCC(C1)N2. The number of phenolic OH excluding ortho intramolecular Hbond substituents is 1. The minimum atomic E-state index is -0.0861. The van der Waals surface area contributed by atoms with Gasteiger partial charge in [-0.05, 0) is 42.7 Å². The van der Waals surface area contributed by atoms with Crippen LogP contribution in [0.25, 0.3) is 22.4 Å². The standard InChI is InChI=1S/C20H20N6O2/c27-19-7-12(13-8-21-22-9-13)1-4-16(19)17-5-6-18(25-24-17)20(28)26-10-14-2-3-15(11-26)23-14/h1,4-9,14-15,23,27H,2-3,10-11H2,(H,21,22). The molecule has 142 valence electrons. The van der Waals surface area contributed by atoms with Crippen molar-refractivity contribution in [2.45, 2.75) is 24.9 Å². The maximum Gasteiger partial charge on any atom is 0.274 e. The lowest BCUT2D eigenvalue weighted by Gasteiger charge is -2.32. The quantitative estimate of drug-likeness (QED) is 0.644. The molecule has 1 amide bonds. The summed E-state index contributed by atoms with van der Waals surface area (Å²) >= 11 is 0. The Bertz CT molecular complexity index is 990. The molecule has 2 fully saturated rings. The Morgan fingerprint density at radius 1 is 1.07 bits per heavy atom. The van der Waals surface area contributed by atoms with E-state index in [4.69, 9.17) is 0 Å². The molecule has 2 bridgehead atoms. The van der Waals surface area contributed by atoms with Crippen molar-refractivity contribution in [3.63, 3.8) is 0 Å². The summed E-state index contributed by atoms with van der Waals surface area (Å²) in [5.74, 6) is 0.0164. The van der Waals surface area contributed by atoms with Crippen molar-refractivity contribution in [3.8, 4) is 28.1 Å². The second-order valence-electron chi connectivity index (χ2n) is 7.37. The molecule has 0 spiro atoms. The molecule has 1 aromatic carbocycles. The molecule has 0 aliphatic carbocycles. The predicted molar refractivity (Wildman–Crippen MR) is 103 cm³/mol. The van der Waals surface area contributed by atoms with E-state index in [1.807, 2.05) is 11.0 Å². The zero-order valence-electron chi connectivity index (χ0n) is 15.2. The first-order valence-electron chi connectivity index (χ1n) is 9.39. The van der Waals surface area contributed by atoms with Crippen molar-refractivity contribution in [1.82, 2.24) is 30.6 Å². The molecule has 2 atom stereocenters. The Balaban J connectivity index is 1.36. The summed E-state index contributed by atoms with van der Waals surface area (Å²) in [7, 11) is 0. The highest BCUT2D eigenvalue weighted by Gasteiger charge is 2.34. The summed E-state index contributed by atoms with van der Waals surface area (Å²) in [6.07, 6.45) is 5.69. The summed E-state index contributed by atoms with van der Waals surface area (Å²) in [4.78, 5) is 14.6. The van der Waals surface area contributed by atoms with Gasteiger partial charge >= 0.3 is 0 Å². The van der Waals surface area contributed by atoms with Crippen molar-refractivity contribution in [2.24, 2.45) is 0 Å². The number of carbonyl (C=O) groups excluding carboxylic acids is 1. The molecule has 2 aliphatic heterocycles. The molecular formula is C20H20N6O2. The van der Waals surface area contributed by atoms with E-state index in [0.29, 0.717) is 29.0 Å². The van der Waals surface area contributed by atoms with E-state index >= 15 is 0 Å². The number of carbonyl (C=O) groups is 1. The third-order valence-corrected chi connectivity index (χ3v) is 5.49. The van der Waals surface area contributed by atoms with Gasteiger partial charge in [0, 0.05) is 42.5 Å². The fourth-order valence-corrected chi connectivity index (χ4v) is 4.05. The van der Waals surface area contributed by atoms with E-state index in [0.717, 1.165) is 37.1 Å². The molecule has 8 nitrogen and oxygen atoms in total. The second-order valence-corrected chi connectivity index (χ2v) is 7.37. The Labute approximate surface area is 161 Å². The minimum Gasteiger partial charge on any atom is -0.507 e. The fraction of sp³-hybridized carbons (Fsp3) is 0.300. The number of nitrogens with zero attached hydrogens (tertiary/aromatic N) is 4. The lowest BCUT2D eigenvalue weighted by molar-refractivity contribution is 0.0690. The van der Waals surface area contributed by atoms with Crippen LogP contribution in [0, 0.1) is 0 Å². The summed E-state index contributed by atoms with van der Waals surface area (Å²) in [5.41, 5.74) is 3.16. The average molecular weight is 376 g/mol. The van der Waals surface area contributed by atoms with Crippen LogP contribution in [0.15, 0.2) is 42.7 Å². The maximum absolute atomic E-state index is 12.7. The Morgan fingerprint density at radius 3 is 2.54 bits per heavy atom. The molecule has 3 N–H and O–H groups in total. The number of fused-ring (bicyclic) bond motifs is 2. The number of piperazine rings is 1. The molecule has 0 radical (unpaired) electrons. The van der Waals surface area contributed by atoms with Crippen molar-refractivity contribution < 1.29 is 9.90 Å². The highest BCUT2D eigenvalue weighted by atomic mass is 16.3. The number of aromatic nitrogens is 4. The van der Waals surface area contributed by atoms with Crippen LogP contribution in [0.5, 0.6) is 5.75 Å². The molecule has 0 saturated carbocycles. The molecule has 8 heteroatoms. The van der Waals surface area contributed by atoms with Gasteiger partial charge in [0.1, 0.15) is 5.75 Å². The zero-order valence-corrected chi connectivity index (χ0v) is 15.2. The molecule has 2 unspecified atom stereocenters. The van der Waals surface area contributed by atoms with E-state index in [1.54, 1.807) is 36.7 Å². The first-order valence-corrected chi connectivity index (χ1v) is 9.39. The number of nitrogens with one attached hydrogen (secondary N) is 2. The van der Waals surface area contributed by atoms with E-state index in [2.05, 4.69) is 25.7 Å². The number of phenols is 1. The van der Waals surface area contributed by atoms with Crippen LogP contribution in [-0.2, 0) is 0 Å². The number of hydrogen-bond donors (Lipinski definition) is 3. The number of benzene rings is 1. The summed E-state index contributed by atoms with van der Waals surface area (Å²) in [5, 5.41) is 28.9. The van der Waals surface area contributed by atoms with Crippen LogP contribution in [0.3, 0.4) is 0 Å². The summed E-state index contributed by atoms with van der Waals surface area (Å²) in [6, 6.07) is 9.52. The van der Waals surface area contributed by atoms with Gasteiger partial charge in [0.2, 0.25) is 0 Å². The highest BCUT2D eigenvalue weighted by Crippen LogP contribution is 2.32. The third-order valence-electron chi connectivity index (χ3n) is 5.49. The lowest BCUT2D eigenvalue weighted by atomic mass is 10.0. The van der Waals surface area contributed by atoms with Crippen LogP contribution in [0.1, 0.15) is 23.3 Å². The van der Waals surface area contributed by atoms with Crippen LogP contribution in [0.2, 0.25) is 0 Å². The number of amides is 1. The highest BCUT2D eigenvalue weighted by molar-refractivity contribution is 5.92. The normalized spacial score (nSPS) is 21.1. The van der Waals surface area contributed by atoms with Gasteiger partial charge in [-0.1, -0.05) is 6.07 Å². The van der Waals surface area contributed by atoms with Gasteiger partial charge in [0.05, 0.1) is 11.9 Å². The Kier molecular flexibility index (Phi) is 4.05. The van der Waals surface area contributed by atoms with Crippen LogP contribution < -0.4 is 5.32 Å². The van der Waals surface area contributed by atoms with E-state index in [9.17, 15) is 9.90 Å². The number of rotatable bonds is 3. The summed E-state index contributed by atoms with van der Waals surface area (Å²) < 4.78 is 0. The van der Waals surface area contributed by atoms with Gasteiger partial charge in [-0.25, -0.2) is 0 Å². The van der Waals surface area contributed by atoms with Crippen LogP contribution in [-0.4, -0.2) is 61.5 Å². The molecule has 2 aromatic heterocycles. The lowest BCUT2D eigenvalue weighted by Crippen LogP contribution is -2.53. The molecule has 4 heterocycles. The largest absolute Gasteiger partial charge is 0.507 e. The van der Waals surface area contributed by atoms with E-state index < -0.39 is 0 Å². The van der Waals surface area contributed by atoms with Crippen molar-refractivity contribution in [2.75, 3.05) is 13.1 Å². The van der Waals surface area contributed by atoms with E-state index in [1.165, 1.54) is 0 Å². The van der Waals surface area contributed by atoms with Crippen molar-refractivity contribution >= 4 is 5.91 Å². The van der Waals surface area contributed by atoms with Crippen LogP contribution in [0.4, 0.5) is 0 Å². The predicted octanol–water partition coefficient (Wildman–Crippen LogP) is 1.82. The van der Waals surface area contributed by atoms with Crippen molar-refractivity contribution in [1.29, 1.82) is 0 Å². The monoisotopic (exact) mass is 376 g/mol. The van der Waals surface area contributed by atoms with Gasteiger partial charge < -0.3 is 15.3 Å². The van der Waals surface area contributed by atoms with E-state index in [-0.39, 0.29) is 11.7 Å². The van der Waals surface area contributed by atoms with Gasteiger partial charge in [-0.2, -0.15) is 5.10 Å². The maximum atomic E-state index is 12.7. The molecular weight excluding hydrogens is 356 g/mol. The Hall–Kier alpha value is -3.26. The zero-order chi connectivity index (χ0) is 19.1. The number of aromatic hydroxyl groups is 1. The smallest absolute Gasteiger partial charge is 0.274 e. The minimum absolute atomic E-state index is 0.0861. The Morgan fingerprint density at radius 2 is 1.89 bits per heavy atom. The van der Waals surface area contributed by atoms with Crippen molar-refractivity contribution in [3.05, 3.63) is 48.4 Å². The molecule has 28 heavy (non-hydrogen) atoms. The molecule has 2 saturated heterocycles. The topological polar surface area (TPSA) is 107 Å². The third kappa shape index (κ3) is 3.01. The van der Waals surface area contributed by atoms with Crippen LogP contribution >= 0.6 is 0 Å². The van der Waals surface area contributed by atoms with Gasteiger partial charge in [0.15, 0.2) is 5.69 Å². The average Bonchev–Trinajstić information content (AvgIpc) is 3.37. The van der Waals surface area contributed by atoms with Gasteiger partial charge in [0.25, 0.3) is 5.91 Å².